The van der Waals surface area contributed by atoms with Crippen LogP contribution in [0.3, 0.4) is 0 Å². The van der Waals surface area contributed by atoms with E-state index in [1.807, 2.05) is 21.9 Å². The zero-order valence-corrected chi connectivity index (χ0v) is 14.1. The molecule has 1 aromatic rings. The van der Waals surface area contributed by atoms with Gasteiger partial charge in [-0.05, 0) is 24.5 Å². The SMILES string of the molecule is COc1ccccc1C(=O)N1CCC(CC(=O)N2CCOCC2)C1. The lowest BCUT2D eigenvalue weighted by Gasteiger charge is -2.27. The van der Waals surface area contributed by atoms with Crippen LogP contribution in [0.15, 0.2) is 24.3 Å². The van der Waals surface area contributed by atoms with E-state index < -0.39 is 0 Å². The minimum Gasteiger partial charge on any atom is -0.496 e. The molecule has 2 heterocycles. The third kappa shape index (κ3) is 3.70. The second-order valence-electron chi connectivity index (χ2n) is 6.30. The molecule has 0 aliphatic carbocycles. The van der Waals surface area contributed by atoms with Crippen molar-refractivity contribution in [2.75, 3.05) is 46.5 Å². The molecule has 1 atom stereocenters. The molecule has 2 aliphatic rings. The van der Waals surface area contributed by atoms with Crippen LogP contribution in [-0.2, 0) is 9.53 Å². The molecule has 2 aliphatic heterocycles. The Labute approximate surface area is 142 Å². The minimum absolute atomic E-state index is 0.0197. The molecule has 6 heteroatoms. The van der Waals surface area contributed by atoms with E-state index in [-0.39, 0.29) is 17.7 Å². The maximum absolute atomic E-state index is 12.7. The van der Waals surface area contributed by atoms with Crippen molar-refractivity contribution < 1.29 is 19.1 Å². The summed E-state index contributed by atoms with van der Waals surface area (Å²) < 4.78 is 10.6. The summed E-state index contributed by atoms with van der Waals surface area (Å²) in [5.74, 6) is 0.984. The van der Waals surface area contributed by atoms with Crippen molar-refractivity contribution in [3.05, 3.63) is 29.8 Å². The number of amides is 2. The average molecular weight is 332 g/mol. The number of hydrogen-bond donors (Lipinski definition) is 0. The Bertz CT molecular complexity index is 598. The third-order valence-corrected chi connectivity index (χ3v) is 4.74. The Kier molecular flexibility index (Phi) is 5.35. The molecule has 0 bridgehead atoms. The standard InChI is InChI=1S/C18H24N2O4/c1-23-16-5-3-2-4-15(16)18(22)20-7-6-14(13-20)12-17(21)19-8-10-24-11-9-19/h2-5,14H,6-13H2,1H3. The summed E-state index contributed by atoms with van der Waals surface area (Å²) in [5.41, 5.74) is 0.583. The number of nitrogens with zero attached hydrogens (tertiary/aromatic N) is 2. The normalized spacial score (nSPS) is 21.0. The van der Waals surface area contributed by atoms with Gasteiger partial charge in [0.05, 0.1) is 25.9 Å². The first kappa shape index (κ1) is 16.8. The quantitative estimate of drug-likeness (QED) is 0.836. The van der Waals surface area contributed by atoms with E-state index in [4.69, 9.17) is 9.47 Å². The topological polar surface area (TPSA) is 59.1 Å². The Morgan fingerprint density at radius 3 is 2.67 bits per heavy atom. The Hall–Kier alpha value is -2.08. The van der Waals surface area contributed by atoms with Gasteiger partial charge < -0.3 is 19.3 Å². The fourth-order valence-electron chi connectivity index (χ4n) is 3.36. The van der Waals surface area contributed by atoms with Gasteiger partial charge in [0.2, 0.25) is 5.91 Å². The van der Waals surface area contributed by atoms with Crippen molar-refractivity contribution in [3.63, 3.8) is 0 Å². The second kappa shape index (κ2) is 7.66. The number of hydrogen-bond acceptors (Lipinski definition) is 4. The molecule has 24 heavy (non-hydrogen) atoms. The van der Waals surface area contributed by atoms with Crippen LogP contribution in [0.4, 0.5) is 0 Å². The van der Waals surface area contributed by atoms with E-state index in [2.05, 4.69) is 0 Å². The lowest BCUT2D eigenvalue weighted by Crippen LogP contribution is -2.41. The van der Waals surface area contributed by atoms with E-state index in [0.29, 0.717) is 57.1 Å². The molecule has 2 saturated heterocycles. The molecular weight excluding hydrogens is 308 g/mol. The van der Waals surface area contributed by atoms with Gasteiger partial charge in [-0.15, -0.1) is 0 Å². The Morgan fingerprint density at radius 2 is 1.92 bits per heavy atom. The molecule has 2 fully saturated rings. The molecule has 2 amide bonds. The summed E-state index contributed by atoms with van der Waals surface area (Å²) in [5, 5.41) is 0. The highest BCUT2D eigenvalue weighted by atomic mass is 16.5. The lowest BCUT2D eigenvalue weighted by molar-refractivity contribution is -0.136. The van der Waals surface area contributed by atoms with Gasteiger partial charge >= 0.3 is 0 Å². The number of carbonyl (C=O) groups is 2. The lowest BCUT2D eigenvalue weighted by atomic mass is 10.0. The van der Waals surface area contributed by atoms with Crippen molar-refractivity contribution >= 4 is 11.8 Å². The van der Waals surface area contributed by atoms with E-state index in [9.17, 15) is 9.59 Å². The summed E-state index contributed by atoms with van der Waals surface area (Å²) in [7, 11) is 1.57. The Balaban J connectivity index is 1.56. The van der Waals surface area contributed by atoms with Crippen LogP contribution < -0.4 is 4.74 Å². The zero-order chi connectivity index (χ0) is 16.9. The number of likely N-dealkylation sites (tertiary alicyclic amines) is 1. The molecule has 130 valence electrons. The highest BCUT2D eigenvalue weighted by molar-refractivity contribution is 5.97. The van der Waals surface area contributed by atoms with Gasteiger partial charge in [-0.1, -0.05) is 12.1 Å². The Morgan fingerprint density at radius 1 is 1.17 bits per heavy atom. The first-order valence-electron chi connectivity index (χ1n) is 8.47. The van der Waals surface area contributed by atoms with Gasteiger partial charge in [0.1, 0.15) is 5.75 Å². The predicted molar refractivity (Wildman–Crippen MR) is 89.0 cm³/mol. The van der Waals surface area contributed by atoms with Gasteiger partial charge in [-0.2, -0.15) is 0 Å². The van der Waals surface area contributed by atoms with Gasteiger partial charge in [0.15, 0.2) is 0 Å². The predicted octanol–water partition coefficient (Wildman–Crippen LogP) is 1.41. The molecule has 0 saturated carbocycles. The number of morpholine rings is 1. The molecule has 1 unspecified atom stereocenters. The van der Waals surface area contributed by atoms with E-state index in [1.54, 1.807) is 19.2 Å². The van der Waals surface area contributed by atoms with Crippen molar-refractivity contribution in [3.8, 4) is 5.75 Å². The van der Waals surface area contributed by atoms with Crippen LogP contribution in [0, 0.1) is 5.92 Å². The molecule has 0 spiro atoms. The molecular formula is C18H24N2O4. The largest absolute Gasteiger partial charge is 0.496 e. The summed E-state index contributed by atoms with van der Waals surface area (Å²) in [6.07, 6.45) is 1.38. The van der Waals surface area contributed by atoms with Crippen LogP contribution in [0.1, 0.15) is 23.2 Å². The van der Waals surface area contributed by atoms with E-state index in [1.165, 1.54) is 0 Å². The van der Waals surface area contributed by atoms with Gasteiger partial charge in [0.25, 0.3) is 5.91 Å². The van der Waals surface area contributed by atoms with Crippen LogP contribution in [0.2, 0.25) is 0 Å². The monoisotopic (exact) mass is 332 g/mol. The highest BCUT2D eigenvalue weighted by Gasteiger charge is 2.31. The smallest absolute Gasteiger partial charge is 0.257 e. The molecule has 0 N–H and O–H groups in total. The van der Waals surface area contributed by atoms with Gasteiger partial charge in [-0.25, -0.2) is 0 Å². The van der Waals surface area contributed by atoms with E-state index in [0.717, 1.165) is 6.42 Å². The van der Waals surface area contributed by atoms with Crippen LogP contribution in [0.25, 0.3) is 0 Å². The summed E-state index contributed by atoms with van der Waals surface area (Å²) in [4.78, 5) is 28.7. The molecule has 0 aromatic heterocycles. The van der Waals surface area contributed by atoms with E-state index >= 15 is 0 Å². The maximum Gasteiger partial charge on any atom is 0.257 e. The summed E-state index contributed by atoms with van der Waals surface area (Å²) in [6, 6.07) is 7.27. The first-order chi connectivity index (χ1) is 11.7. The highest BCUT2D eigenvalue weighted by Crippen LogP contribution is 2.25. The third-order valence-electron chi connectivity index (χ3n) is 4.74. The first-order valence-corrected chi connectivity index (χ1v) is 8.47. The molecule has 0 radical (unpaired) electrons. The average Bonchev–Trinajstić information content (AvgIpc) is 3.10. The molecule has 1 aromatic carbocycles. The fourth-order valence-corrected chi connectivity index (χ4v) is 3.36. The number of para-hydroxylation sites is 1. The van der Waals surface area contributed by atoms with Crippen LogP contribution >= 0.6 is 0 Å². The number of ether oxygens (including phenoxy) is 2. The zero-order valence-electron chi connectivity index (χ0n) is 14.1. The summed E-state index contributed by atoms with van der Waals surface area (Å²) in [6.45, 7) is 3.92. The van der Waals surface area contributed by atoms with Crippen LogP contribution in [0.5, 0.6) is 5.75 Å². The number of rotatable bonds is 4. The number of methoxy groups -OCH3 is 1. The van der Waals surface area contributed by atoms with Crippen molar-refractivity contribution in [2.45, 2.75) is 12.8 Å². The second-order valence-corrected chi connectivity index (χ2v) is 6.30. The van der Waals surface area contributed by atoms with Crippen molar-refractivity contribution in [2.24, 2.45) is 5.92 Å². The van der Waals surface area contributed by atoms with Gasteiger partial charge in [-0.3, -0.25) is 9.59 Å². The molecule has 3 rings (SSSR count). The van der Waals surface area contributed by atoms with Crippen molar-refractivity contribution in [1.82, 2.24) is 9.80 Å². The maximum atomic E-state index is 12.7. The number of benzene rings is 1. The van der Waals surface area contributed by atoms with Crippen LogP contribution in [-0.4, -0.2) is 68.1 Å². The number of carbonyl (C=O) groups excluding carboxylic acids is 2. The molecule has 6 nitrogen and oxygen atoms in total. The van der Waals surface area contributed by atoms with Crippen molar-refractivity contribution in [1.29, 1.82) is 0 Å². The summed E-state index contributed by atoms with van der Waals surface area (Å²) >= 11 is 0. The van der Waals surface area contributed by atoms with Gasteiger partial charge in [0, 0.05) is 32.6 Å². The fraction of sp³-hybridized carbons (Fsp3) is 0.556. The minimum atomic E-state index is -0.0197.